The molecule has 0 bridgehead atoms. The van der Waals surface area contributed by atoms with Crippen LogP contribution in [0.3, 0.4) is 0 Å². The van der Waals surface area contributed by atoms with Crippen LogP contribution in [0, 0.1) is 19.7 Å². The Hall–Kier alpha value is -5.02. The molecule has 0 aliphatic rings. The van der Waals surface area contributed by atoms with Gasteiger partial charge in [0.05, 0.1) is 16.5 Å². The number of aromatic nitrogens is 2. The van der Waals surface area contributed by atoms with Gasteiger partial charge in [0.1, 0.15) is 17.7 Å². The van der Waals surface area contributed by atoms with E-state index in [0.29, 0.717) is 27.5 Å². The van der Waals surface area contributed by atoms with Crippen molar-refractivity contribution in [3.8, 4) is 0 Å². The molecule has 0 fully saturated rings. The second-order valence-electron chi connectivity index (χ2n) is 10.5. The Morgan fingerprint density at radius 2 is 1.73 bits per heavy atom. The molecule has 45 heavy (non-hydrogen) atoms. The molecular weight excluding hydrogens is 593 g/mol. The molecule has 0 saturated heterocycles. The molecular formula is C30H34FN5O9. The van der Waals surface area contributed by atoms with Crippen LogP contribution in [-0.2, 0) is 25.7 Å². The summed E-state index contributed by atoms with van der Waals surface area (Å²) in [7, 11) is 0. The molecule has 14 nitrogen and oxygen atoms in total. The molecule has 1 heterocycles. The number of hydrogen-bond acceptors (Lipinski definition) is 9. The highest BCUT2D eigenvalue weighted by molar-refractivity contribution is 6.18. The molecule has 2 atom stereocenters. The van der Waals surface area contributed by atoms with Crippen molar-refractivity contribution in [3.63, 3.8) is 0 Å². The van der Waals surface area contributed by atoms with Gasteiger partial charge in [-0.05, 0) is 55.7 Å². The Bertz CT molecular complexity index is 1710. The van der Waals surface area contributed by atoms with E-state index in [1.807, 2.05) is 0 Å². The first-order chi connectivity index (χ1) is 21.1. The smallest absolute Gasteiger partial charge is 0.339 e. The lowest BCUT2D eigenvalue weighted by Crippen LogP contribution is -2.67. The van der Waals surface area contributed by atoms with Crippen LogP contribution in [-0.4, -0.2) is 83.0 Å². The third kappa shape index (κ3) is 7.38. The molecule has 15 heteroatoms. The zero-order valence-electron chi connectivity index (χ0n) is 24.9. The number of aliphatic carboxylic acids is 3. The summed E-state index contributed by atoms with van der Waals surface area (Å²) in [5.41, 5.74) is 2.86. The van der Waals surface area contributed by atoms with Crippen LogP contribution in [0.25, 0.3) is 10.9 Å². The molecule has 0 aliphatic heterocycles. The first-order valence-electron chi connectivity index (χ1n) is 13.9. The van der Waals surface area contributed by atoms with E-state index in [4.69, 9.17) is 5.73 Å². The second kappa shape index (κ2) is 14.2. The fourth-order valence-corrected chi connectivity index (χ4v) is 5.03. The summed E-state index contributed by atoms with van der Waals surface area (Å²) >= 11 is 0. The SMILES string of the molecule is CCN(Cc1cc2c(=O)[nH]c(C)nc2cc1C)N(C(=O)CC[C@H](N)C(=O)O)[C@](CCC(=O)O)(C(=O)O)C(=O)c1ccccc1F. The molecule has 0 aliphatic carbocycles. The van der Waals surface area contributed by atoms with Crippen LogP contribution in [0.15, 0.2) is 41.2 Å². The average molecular weight is 628 g/mol. The number of carbonyl (C=O) groups excluding carboxylic acids is 2. The van der Waals surface area contributed by atoms with Gasteiger partial charge in [-0.3, -0.25) is 24.0 Å². The molecule has 3 rings (SSSR count). The summed E-state index contributed by atoms with van der Waals surface area (Å²) in [5.74, 6) is -8.04. The van der Waals surface area contributed by atoms with Crippen LogP contribution in [0.4, 0.5) is 4.39 Å². The highest BCUT2D eigenvalue weighted by Gasteiger charge is 2.56. The number of aromatic amines is 1. The third-order valence-electron chi connectivity index (χ3n) is 7.41. The number of nitrogens with one attached hydrogen (secondary N) is 1. The van der Waals surface area contributed by atoms with Gasteiger partial charge < -0.3 is 26.0 Å². The Kier molecular flexibility index (Phi) is 10.9. The Balaban J connectivity index is 2.28. The number of carboxylic acids is 3. The predicted octanol–water partition coefficient (Wildman–Crippen LogP) is 2.01. The van der Waals surface area contributed by atoms with Crippen molar-refractivity contribution >= 4 is 40.5 Å². The number of aryl methyl sites for hydroxylation is 2. The van der Waals surface area contributed by atoms with Crippen LogP contribution in [0.1, 0.15) is 59.9 Å². The molecule has 6 N–H and O–H groups in total. The van der Waals surface area contributed by atoms with Gasteiger partial charge in [-0.15, -0.1) is 0 Å². The first kappa shape index (κ1) is 34.5. The van der Waals surface area contributed by atoms with Crippen LogP contribution >= 0.6 is 0 Å². The number of benzene rings is 2. The number of H-pyrrole nitrogens is 1. The van der Waals surface area contributed by atoms with Gasteiger partial charge in [0, 0.05) is 32.4 Å². The summed E-state index contributed by atoms with van der Waals surface area (Å²) < 4.78 is 15.0. The fourth-order valence-electron chi connectivity index (χ4n) is 5.03. The number of hydrogen-bond donors (Lipinski definition) is 5. The predicted molar refractivity (Wildman–Crippen MR) is 158 cm³/mol. The number of carboxylic acid groups (broad SMARTS) is 3. The van der Waals surface area contributed by atoms with Gasteiger partial charge in [0.25, 0.3) is 5.56 Å². The number of ketones is 1. The first-order valence-corrected chi connectivity index (χ1v) is 13.9. The van der Waals surface area contributed by atoms with E-state index in [2.05, 4.69) is 9.97 Å². The molecule has 1 amide bonds. The van der Waals surface area contributed by atoms with Gasteiger partial charge in [0.15, 0.2) is 0 Å². The van der Waals surface area contributed by atoms with Crippen molar-refractivity contribution in [2.24, 2.45) is 5.73 Å². The number of nitrogens with zero attached hydrogens (tertiary/aromatic N) is 3. The summed E-state index contributed by atoms with van der Waals surface area (Å²) in [6.45, 7) is 4.43. The van der Waals surface area contributed by atoms with E-state index in [9.17, 15) is 48.5 Å². The summed E-state index contributed by atoms with van der Waals surface area (Å²) in [6.07, 6.45) is -2.98. The topological polar surface area (TPSA) is 224 Å². The maximum absolute atomic E-state index is 15.0. The standard InChI is InChI=1S/C30H34FN5O9/c1-4-35(15-18-14-20-23(13-16(18)2)33-17(3)34-27(20)41)36(24(37)10-9-22(32)28(42)43)30(29(44)45,12-11-25(38)39)26(40)19-7-5-6-8-21(19)31/h5-8,13-14,22H,4,9-12,15,32H2,1-3H3,(H,38,39)(H,42,43)(H,44,45)(H,33,34,41)/t22-,30-/m0/s1. The molecule has 0 saturated carbocycles. The highest BCUT2D eigenvalue weighted by atomic mass is 19.1. The Labute approximate surface area is 256 Å². The van der Waals surface area contributed by atoms with Gasteiger partial charge in [0.2, 0.25) is 17.2 Å². The number of hydrazine groups is 1. The van der Waals surface area contributed by atoms with Gasteiger partial charge in [-0.2, -0.15) is 0 Å². The second-order valence-corrected chi connectivity index (χ2v) is 10.5. The number of nitrogens with two attached hydrogens (primary N) is 1. The molecule has 2 aromatic carbocycles. The van der Waals surface area contributed by atoms with Crippen molar-refractivity contribution in [1.29, 1.82) is 0 Å². The van der Waals surface area contributed by atoms with Crippen molar-refractivity contribution in [2.45, 2.75) is 64.6 Å². The number of halogens is 1. The zero-order valence-corrected chi connectivity index (χ0v) is 24.9. The van der Waals surface area contributed by atoms with E-state index < -0.39 is 83.8 Å². The lowest BCUT2D eigenvalue weighted by molar-refractivity contribution is -0.180. The normalized spacial score (nSPS) is 13.3. The number of amides is 1. The van der Waals surface area contributed by atoms with Crippen LogP contribution in [0.2, 0.25) is 0 Å². The highest BCUT2D eigenvalue weighted by Crippen LogP contribution is 2.33. The third-order valence-corrected chi connectivity index (χ3v) is 7.41. The minimum Gasteiger partial charge on any atom is -0.481 e. The lowest BCUT2D eigenvalue weighted by atomic mass is 9.83. The van der Waals surface area contributed by atoms with Crippen LogP contribution < -0.4 is 11.3 Å². The molecule has 0 unspecified atom stereocenters. The van der Waals surface area contributed by atoms with E-state index in [-0.39, 0.29) is 18.5 Å². The summed E-state index contributed by atoms with van der Waals surface area (Å²) in [5, 5.41) is 31.4. The molecule has 3 aromatic rings. The molecule has 1 aromatic heterocycles. The lowest BCUT2D eigenvalue weighted by Gasteiger charge is -2.45. The molecule has 0 spiro atoms. The summed E-state index contributed by atoms with van der Waals surface area (Å²) in [6, 6.07) is 6.08. The molecule has 240 valence electrons. The van der Waals surface area contributed by atoms with E-state index in [0.717, 1.165) is 12.1 Å². The average Bonchev–Trinajstić information content (AvgIpc) is 2.97. The zero-order chi connectivity index (χ0) is 33.6. The van der Waals surface area contributed by atoms with Crippen molar-refractivity contribution in [3.05, 3.63) is 75.1 Å². The number of carbonyl (C=O) groups is 5. The van der Waals surface area contributed by atoms with Gasteiger partial charge >= 0.3 is 17.9 Å². The van der Waals surface area contributed by atoms with Crippen molar-refractivity contribution < 1.29 is 43.7 Å². The van der Waals surface area contributed by atoms with E-state index in [1.165, 1.54) is 30.1 Å². The Morgan fingerprint density at radius 3 is 2.31 bits per heavy atom. The molecule has 0 radical (unpaired) electrons. The minimum absolute atomic E-state index is 0.136. The maximum Gasteiger partial charge on any atom is 0.339 e. The van der Waals surface area contributed by atoms with Crippen molar-refractivity contribution in [2.75, 3.05) is 6.54 Å². The number of Topliss-reactive ketones (excluding diaryl/α,β-unsaturated/α-hetero) is 1. The monoisotopic (exact) mass is 627 g/mol. The fraction of sp³-hybridized carbons (Fsp3) is 0.367. The number of fused-ring (bicyclic) bond motifs is 1. The van der Waals surface area contributed by atoms with Crippen LogP contribution in [0.5, 0.6) is 0 Å². The maximum atomic E-state index is 15.0. The van der Waals surface area contributed by atoms with Gasteiger partial charge in [-0.25, -0.2) is 24.2 Å². The Morgan fingerprint density at radius 1 is 1.07 bits per heavy atom. The number of rotatable bonds is 15. The quantitative estimate of drug-likeness (QED) is 0.0927. The van der Waals surface area contributed by atoms with Crippen molar-refractivity contribution in [1.82, 2.24) is 20.0 Å². The largest absolute Gasteiger partial charge is 0.481 e. The van der Waals surface area contributed by atoms with E-state index in [1.54, 1.807) is 19.9 Å². The summed E-state index contributed by atoms with van der Waals surface area (Å²) in [4.78, 5) is 84.0. The van der Waals surface area contributed by atoms with E-state index >= 15 is 0 Å². The van der Waals surface area contributed by atoms with Gasteiger partial charge in [-0.1, -0.05) is 19.1 Å². The minimum atomic E-state index is -2.98.